The SMILES string of the molecule is CCC[C@H]1CN(C(=O)CCc2ccccn2)C[C@@H]1N. The highest BCUT2D eigenvalue weighted by atomic mass is 16.2. The van der Waals surface area contributed by atoms with Crippen molar-refractivity contribution in [3.05, 3.63) is 30.1 Å². The predicted octanol–water partition coefficient (Wildman–Crippen LogP) is 1.60. The Hall–Kier alpha value is -1.42. The van der Waals surface area contributed by atoms with E-state index in [4.69, 9.17) is 5.73 Å². The zero-order valence-electron chi connectivity index (χ0n) is 11.6. The fraction of sp³-hybridized carbons (Fsp3) is 0.600. The predicted molar refractivity (Wildman–Crippen MR) is 75.5 cm³/mol. The monoisotopic (exact) mass is 261 g/mol. The molecule has 4 nitrogen and oxygen atoms in total. The molecule has 1 aromatic heterocycles. The molecule has 0 bridgehead atoms. The second-order valence-electron chi connectivity index (χ2n) is 5.33. The van der Waals surface area contributed by atoms with Crippen LogP contribution in [0.1, 0.15) is 31.9 Å². The van der Waals surface area contributed by atoms with E-state index in [-0.39, 0.29) is 11.9 Å². The van der Waals surface area contributed by atoms with Crippen molar-refractivity contribution in [3.63, 3.8) is 0 Å². The molecule has 1 saturated heterocycles. The number of carbonyl (C=O) groups is 1. The van der Waals surface area contributed by atoms with Gasteiger partial charge in [0.25, 0.3) is 0 Å². The van der Waals surface area contributed by atoms with Gasteiger partial charge in [0, 0.05) is 37.4 Å². The molecule has 0 radical (unpaired) electrons. The fourth-order valence-corrected chi connectivity index (χ4v) is 2.72. The van der Waals surface area contributed by atoms with E-state index in [2.05, 4.69) is 11.9 Å². The molecule has 2 heterocycles. The molecule has 0 saturated carbocycles. The summed E-state index contributed by atoms with van der Waals surface area (Å²) >= 11 is 0. The van der Waals surface area contributed by atoms with Gasteiger partial charge in [0.05, 0.1) is 0 Å². The van der Waals surface area contributed by atoms with E-state index in [1.165, 1.54) is 0 Å². The highest BCUT2D eigenvalue weighted by Crippen LogP contribution is 2.21. The Balaban J connectivity index is 1.81. The number of likely N-dealkylation sites (tertiary alicyclic amines) is 1. The van der Waals surface area contributed by atoms with Gasteiger partial charge in [-0.2, -0.15) is 0 Å². The van der Waals surface area contributed by atoms with Gasteiger partial charge in [-0.1, -0.05) is 19.4 Å². The summed E-state index contributed by atoms with van der Waals surface area (Å²) in [5.41, 5.74) is 7.07. The van der Waals surface area contributed by atoms with Crippen LogP contribution in [0.4, 0.5) is 0 Å². The van der Waals surface area contributed by atoms with Crippen molar-refractivity contribution >= 4 is 5.91 Å². The Kier molecular flexibility index (Phi) is 4.91. The average molecular weight is 261 g/mol. The lowest BCUT2D eigenvalue weighted by molar-refractivity contribution is -0.130. The van der Waals surface area contributed by atoms with Crippen molar-refractivity contribution in [1.29, 1.82) is 0 Å². The minimum absolute atomic E-state index is 0.152. The van der Waals surface area contributed by atoms with Crippen LogP contribution in [-0.4, -0.2) is 34.9 Å². The Morgan fingerprint density at radius 3 is 3.00 bits per heavy atom. The van der Waals surface area contributed by atoms with E-state index in [9.17, 15) is 4.79 Å². The molecule has 2 rings (SSSR count). The van der Waals surface area contributed by atoms with Crippen LogP contribution in [0.15, 0.2) is 24.4 Å². The number of amides is 1. The highest BCUT2D eigenvalue weighted by Gasteiger charge is 2.31. The van der Waals surface area contributed by atoms with Gasteiger partial charge in [-0.05, 0) is 30.9 Å². The first-order chi connectivity index (χ1) is 9.20. The maximum Gasteiger partial charge on any atom is 0.223 e. The molecule has 1 fully saturated rings. The van der Waals surface area contributed by atoms with Gasteiger partial charge in [0.2, 0.25) is 5.91 Å². The molecule has 4 heteroatoms. The standard InChI is InChI=1S/C15H23N3O/c1-2-5-12-10-18(11-14(12)16)15(19)8-7-13-6-3-4-9-17-13/h3-4,6,9,12,14H,2,5,7-8,10-11,16H2,1H3/t12-,14-/m0/s1. The van der Waals surface area contributed by atoms with Gasteiger partial charge in [-0.15, -0.1) is 0 Å². The molecule has 104 valence electrons. The fourth-order valence-electron chi connectivity index (χ4n) is 2.72. The first kappa shape index (κ1) is 14.0. The summed E-state index contributed by atoms with van der Waals surface area (Å²) in [6.45, 7) is 3.71. The normalized spacial score (nSPS) is 22.7. The second kappa shape index (κ2) is 6.66. The van der Waals surface area contributed by atoms with Crippen LogP contribution in [0, 0.1) is 5.92 Å². The molecule has 1 aliphatic heterocycles. The largest absolute Gasteiger partial charge is 0.341 e. The second-order valence-corrected chi connectivity index (χ2v) is 5.33. The first-order valence-electron chi connectivity index (χ1n) is 7.14. The third-order valence-electron chi connectivity index (χ3n) is 3.82. The smallest absolute Gasteiger partial charge is 0.223 e. The van der Waals surface area contributed by atoms with Gasteiger partial charge in [-0.25, -0.2) is 0 Å². The Morgan fingerprint density at radius 1 is 1.47 bits per heavy atom. The minimum atomic E-state index is 0.152. The summed E-state index contributed by atoms with van der Waals surface area (Å²) in [5, 5.41) is 0. The molecule has 1 aliphatic rings. The summed E-state index contributed by atoms with van der Waals surface area (Å²) in [7, 11) is 0. The lowest BCUT2D eigenvalue weighted by atomic mass is 9.99. The van der Waals surface area contributed by atoms with Crippen LogP contribution in [0.25, 0.3) is 0 Å². The average Bonchev–Trinajstić information content (AvgIpc) is 2.79. The lowest BCUT2D eigenvalue weighted by Crippen LogP contribution is -2.32. The van der Waals surface area contributed by atoms with E-state index in [0.29, 0.717) is 25.3 Å². The van der Waals surface area contributed by atoms with Gasteiger partial charge in [0.1, 0.15) is 0 Å². The number of aromatic nitrogens is 1. The van der Waals surface area contributed by atoms with Crippen LogP contribution in [0.5, 0.6) is 0 Å². The molecule has 2 atom stereocenters. The quantitative estimate of drug-likeness (QED) is 0.876. The molecule has 2 N–H and O–H groups in total. The summed E-state index contributed by atoms with van der Waals surface area (Å²) in [6.07, 6.45) is 5.26. The van der Waals surface area contributed by atoms with Crippen molar-refractivity contribution in [3.8, 4) is 0 Å². The van der Waals surface area contributed by atoms with E-state index < -0.39 is 0 Å². The number of hydrogen-bond acceptors (Lipinski definition) is 3. The van der Waals surface area contributed by atoms with Crippen LogP contribution in [0.3, 0.4) is 0 Å². The van der Waals surface area contributed by atoms with Gasteiger partial charge < -0.3 is 10.6 Å². The number of rotatable bonds is 5. The maximum atomic E-state index is 12.2. The zero-order valence-corrected chi connectivity index (χ0v) is 11.6. The topological polar surface area (TPSA) is 59.2 Å². The van der Waals surface area contributed by atoms with Crippen LogP contribution in [-0.2, 0) is 11.2 Å². The Labute approximate surface area is 115 Å². The third kappa shape index (κ3) is 3.77. The highest BCUT2D eigenvalue weighted by molar-refractivity contribution is 5.76. The third-order valence-corrected chi connectivity index (χ3v) is 3.82. The number of hydrogen-bond donors (Lipinski definition) is 1. The van der Waals surface area contributed by atoms with Crippen molar-refractivity contribution in [1.82, 2.24) is 9.88 Å². The summed E-state index contributed by atoms with van der Waals surface area (Å²) in [5.74, 6) is 0.684. The Morgan fingerprint density at radius 2 is 2.32 bits per heavy atom. The molecule has 19 heavy (non-hydrogen) atoms. The molecule has 1 amide bonds. The van der Waals surface area contributed by atoms with Crippen LogP contribution >= 0.6 is 0 Å². The van der Waals surface area contributed by atoms with Crippen molar-refractivity contribution < 1.29 is 4.79 Å². The molecular formula is C15H23N3O. The summed E-state index contributed by atoms with van der Waals surface area (Å²) in [6, 6.07) is 5.96. The number of pyridine rings is 1. The molecule has 0 spiro atoms. The van der Waals surface area contributed by atoms with E-state index in [1.807, 2.05) is 23.1 Å². The lowest BCUT2D eigenvalue weighted by Gasteiger charge is -2.16. The molecular weight excluding hydrogens is 238 g/mol. The number of carbonyl (C=O) groups excluding carboxylic acids is 1. The van der Waals surface area contributed by atoms with Crippen molar-refractivity contribution in [2.24, 2.45) is 11.7 Å². The van der Waals surface area contributed by atoms with Gasteiger partial charge in [-0.3, -0.25) is 9.78 Å². The van der Waals surface area contributed by atoms with E-state index in [0.717, 1.165) is 25.1 Å². The maximum absolute atomic E-state index is 12.2. The van der Waals surface area contributed by atoms with Gasteiger partial charge in [0.15, 0.2) is 0 Å². The van der Waals surface area contributed by atoms with Gasteiger partial charge >= 0.3 is 0 Å². The molecule has 0 aliphatic carbocycles. The molecule has 0 unspecified atom stereocenters. The number of nitrogens with zero attached hydrogens (tertiary/aromatic N) is 2. The first-order valence-corrected chi connectivity index (χ1v) is 7.14. The number of aryl methyl sites for hydroxylation is 1. The zero-order chi connectivity index (χ0) is 13.7. The number of nitrogens with two attached hydrogens (primary N) is 1. The van der Waals surface area contributed by atoms with Crippen molar-refractivity contribution in [2.45, 2.75) is 38.6 Å². The van der Waals surface area contributed by atoms with Crippen LogP contribution < -0.4 is 5.73 Å². The molecule has 1 aromatic rings. The van der Waals surface area contributed by atoms with Crippen LogP contribution in [0.2, 0.25) is 0 Å². The summed E-state index contributed by atoms with van der Waals surface area (Å²) in [4.78, 5) is 18.3. The minimum Gasteiger partial charge on any atom is -0.341 e. The Bertz CT molecular complexity index is 407. The molecule has 0 aromatic carbocycles. The van der Waals surface area contributed by atoms with Crippen molar-refractivity contribution in [2.75, 3.05) is 13.1 Å². The van der Waals surface area contributed by atoms with E-state index in [1.54, 1.807) is 6.20 Å². The van der Waals surface area contributed by atoms with E-state index >= 15 is 0 Å². The summed E-state index contributed by atoms with van der Waals surface area (Å²) < 4.78 is 0.